The third-order valence-corrected chi connectivity index (χ3v) is 4.49. The molecular weight excluding hydrogens is 350 g/mol. The van der Waals surface area contributed by atoms with Crippen molar-refractivity contribution in [2.24, 2.45) is 0 Å². The monoisotopic (exact) mass is 361 g/mol. The number of benzene rings is 1. The smallest absolute Gasteiger partial charge is 0.179 e. The normalized spacial score (nSPS) is 17.5. The van der Waals surface area contributed by atoms with E-state index in [4.69, 9.17) is 17.0 Å². The number of pyridine rings is 1. The summed E-state index contributed by atoms with van der Waals surface area (Å²) in [5, 5.41) is 0. The summed E-state index contributed by atoms with van der Waals surface area (Å²) in [5.74, 6) is 0.933. The van der Waals surface area contributed by atoms with Crippen LogP contribution in [0.2, 0.25) is 0 Å². The van der Waals surface area contributed by atoms with E-state index in [9.17, 15) is 0 Å². The number of aromatic amines is 1. The van der Waals surface area contributed by atoms with E-state index >= 15 is 0 Å². The van der Waals surface area contributed by atoms with E-state index < -0.39 is 0 Å². The van der Waals surface area contributed by atoms with Gasteiger partial charge in [0.05, 0.1) is 18.2 Å². The number of hydrogen-bond acceptors (Lipinski definition) is 3. The predicted octanol–water partition coefficient (Wildman–Crippen LogP) is 4.23. The van der Waals surface area contributed by atoms with E-state index in [-0.39, 0.29) is 6.04 Å². The third-order valence-electron chi connectivity index (χ3n) is 3.76. The number of rotatable bonds is 1. The number of nitrogens with one attached hydrogen (secondary N) is 1. The molecular formula is C15H12BrN3OS. The molecule has 0 spiro atoms. The molecule has 3 aromatic rings. The highest BCUT2D eigenvalue weighted by Crippen LogP contribution is 2.36. The maximum absolute atomic E-state index is 5.74. The predicted molar refractivity (Wildman–Crippen MR) is 87.3 cm³/mol. The SMILES string of the molecule is S=c1[nH]c2cc(Br)cnc2n1C1CCOc2ccccc21. The van der Waals surface area contributed by atoms with Crippen LogP contribution in [-0.4, -0.2) is 21.1 Å². The van der Waals surface area contributed by atoms with Gasteiger partial charge in [-0.05, 0) is 40.3 Å². The second-order valence-electron chi connectivity index (χ2n) is 5.02. The van der Waals surface area contributed by atoms with Crippen molar-refractivity contribution in [3.63, 3.8) is 0 Å². The van der Waals surface area contributed by atoms with Crippen LogP contribution in [0.25, 0.3) is 11.2 Å². The fourth-order valence-corrected chi connectivity index (χ4v) is 3.52. The van der Waals surface area contributed by atoms with Crippen molar-refractivity contribution >= 4 is 39.3 Å². The van der Waals surface area contributed by atoms with E-state index in [1.807, 2.05) is 24.3 Å². The Kier molecular flexibility index (Phi) is 3.08. The van der Waals surface area contributed by atoms with Crippen molar-refractivity contribution in [1.82, 2.24) is 14.5 Å². The highest BCUT2D eigenvalue weighted by atomic mass is 79.9. The van der Waals surface area contributed by atoms with Crippen LogP contribution in [0.5, 0.6) is 5.75 Å². The Bertz CT molecular complexity index is 886. The molecule has 1 N–H and O–H groups in total. The Hall–Kier alpha value is -1.66. The molecule has 0 amide bonds. The van der Waals surface area contributed by atoms with Gasteiger partial charge in [0, 0.05) is 22.7 Å². The fraction of sp³-hybridized carbons (Fsp3) is 0.200. The van der Waals surface area contributed by atoms with Gasteiger partial charge < -0.3 is 9.72 Å². The lowest BCUT2D eigenvalue weighted by atomic mass is 10.0. The summed E-state index contributed by atoms with van der Waals surface area (Å²) in [6.07, 6.45) is 2.68. The van der Waals surface area contributed by atoms with E-state index in [1.165, 1.54) is 0 Å². The Morgan fingerprint density at radius 3 is 3.14 bits per heavy atom. The lowest BCUT2D eigenvalue weighted by Crippen LogP contribution is -2.20. The number of para-hydroxylation sites is 1. The van der Waals surface area contributed by atoms with Gasteiger partial charge in [-0.15, -0.1) is 0 Å². The van der Waals surface area contributed by atoms with Gasteiger partial charge >= 0.3 is 0 Å². The van der Waals surface area contributed by atoms with Gasteiger partial charge in [-0.3, -0.25) is 4.57 Å². The highest BCUT2D eigenvalue weighted by molar-refractivity contribution is 9.10. The molecule has 1 atom stereocenters. The lowest BCUT2D eigenvalue weighted by Gasteiger charge is -2.27. The standard InChI is InChI=1S/C15H12BrN3OS/c16-9-7-11-14(17-8-9)19(15(21)18-11)12-5-6-20-13-4-2-1-3-10(12)13/h1-4,7-8,12H,5-6H2,(H,18,21). The number of nitrogens with zero attached hydrogens (tertiary/aromatic N) is 2. The lowest BCUT2D eigenvalue weighted by molar-refractivity contribution is 0.257. The van der Waals surface area contributed by atoms with Crippen molar-refractivity contribution in [3.8, 4) is 5.75 Å². The number of ether oxygens (including phenoxy) is 1. The van der Waals surface area contributed by atoms with E-state index in [2.05, 4.69) is 36.5 Å². The summed E-state index contributed by atoms with van der Waals surface area (Å²) >= 11 is 8.96. The molecule has 0 radical (unpaired) electrons. The molecule has 0 saturated heterocycles. The molecule has 0 saturated carbocycles. The molecule has 1 unspecified atom stereocenters. The summed E-state index contributed by atoms with van der Waals surface area (Å²) in [6, 6.07) is 10.3. The number of fused-ring (bicyclic) bond motifs is 2. The molecule has 1 aliphatic rings. The van der Waals surface area contributed by atoms with Crippen LogP contribution in [0, 0.1) is 4.77 Å². The zero-order valence-corrected chi connectivity index (χ0v) is 13.4. The van der Waals surface area contributed by atoms with Crippen LogP contribution in [0.1, 0.15) is 18.0 Å². The van der Waals surface area contributed by atoms with Crippen molar-refractivity contribution in [1.29, 1.82) is 0 Å². The van der Waals surface area contributed by atoms with Gasteiger partial charge in [0.25, 0.3) is 0 Å². The Labute approximate surface area is 134 Å². The Balaban J connectivity index is 1.96. The Morgan fingerprint density at radius 1 is 1.38 bits per heavy atom. The summed E-state index contributed by atoms with van der Waals surface area (Å²) < 4.78 is 9.46. The van der Waals surface area contributed by atoms with Crippen molar-refractivity contribution in [2.75, 3.05) is 6.61 Å². The van der Waals surface area contributed by atoms with E-state index in [0.717, 1.165) is 33.4 Å². The van der Waals surface area contributed by atoms with Crippen LogP contribution >= 0.6 is 28.1 Å². The fourth-order valence-electron chi connectivity index (χ4n) is 2.87. The molecule has 1 aromatic carbocycles. The largest absolute Gasteiger partial charge is 0.493 e. The topological polar surface area (TPSA) is 42.8 Å². The molecule has 0 aliphatic carbocycles. The van der Waals surface area contributed by atoms with E-state index in [1.54, 1.807) is 6.20 Å². The van der Waals surface area contributed by atoms with Gasteiger partial charge in [0.15, 0.2) is 10.4 Å². The summed E-state index contributed by atoms with van der Waals surface area (Å²) in [4.78, 5) is 7.77. The molecule has 21 heavy (non-hydrogen) atoms. The minimum Gasteiger partial charge on any atom is -0.493 e. The maximum atomic E-state index is 5.74. The van der Waals surface area contributed by atoms with Gasteiger partial charge in [-0.2, -0.15) is 0 Å². The maximum Gasteiger partial charge on any atom is 0.179 e. The van der Waals surface area contributed by atoms with Crippen molar-refractivity contribution < 1.29 is 4.74 Å². The van der Waals surface area contributed by atoms with Crippen molar-refractivity contribution in [3.05, 3.63) is 51.3 Å². The minimum absolute atomic E-state index is 0.157. The first-order chi connectivity index (χ1) is 10.2. The van der Waals surface area contributed by atoms with Crippen molar-refractivity contribution in [2.45, 2.75) is 12.5 Å². The number of hydrogen-bond donors (Lipinski definition) is 1. The summed E-state index contributed by atoms with van der Waals surface area (Å²) in [5.41, 5.74) is 2.98. The second kappa shape index (κ2) is 4.96. The first-order valence-electron chi connectivity index (χ1n) is 6.71. The van der Waals surface area contributed by atoms with Crippen LogP contribution in [0.4, 0.5) is 0 Å². The van der Waals surface area contributed by atoms with Crippen LogP contribution < -0.4 is 4.74 Å². The molecule has 3 heterocycles. The third kappa shape index (κ3) is 2.10. The molecule has 0 bridgehead atoms. The van der Waals surface area contributed by atoms with Gasteiger partial charge in [-0.25, -0.2) is 4.98 Å². The highest BCUT2D eigenvalue weighted by Gasteiger charge is 2.25. The first-order valence-corrected chi connectivity index (χ1v) is 7.91. The van der Waals surface area contributed by atoms with Gasteiger partial charge in [-0.1, -0.05) is 18.2 Å². The van der Waals surface area contributed by atoms with Crippen LogP contribution in [0.15, 0.2) is 41.0 Å². The van der Waals surface area contributed by atoms with Crippen LogP contribution in [-0.2, 0) is 0 Å². The van der Waals surface area contributed by atoms with Gasteiger partial charge in [0.2, 0.25) is 0 Å². The summed E-state index contributed by atoms with van der Waals surface area (Å²) in [7, 11) is 0. The minimum atomic E-state index is 0.157. The molecule has 4 rings (SSSR count). The average Bonchev–Trinajstić information content (AvgIpc) is 2.81. The molecule has 1 aliphatic heterocycles. The number of imidazole rings is 1. The molecule has 2 aromatic heterocycles. The number of halogens is 1. The number of aromatic nitrogens is 3. The molecule has 4 nitrogen and oxygen atoms in total. The van der Waals surface area contributed by atoms with E-state index in [0.29, 0.717) is 11.4 Å². The molecule has 0 fully saturated rings. The van der Waals surface area contributed by atoms with Crippen LogP contribution in [0.3, 0.4) is 0 Å². The molecule has 6 heteroatoms. The molecule has 106 valence electrons. The zero-order valence-electron chi connectivity index (χ0n) is 11.0. The first kappa shape index (κ1) is 13.0. The number of H-pyrrole nitrogens is 1. The zero-order chi connectivity index (χ0) is 14.4. The summed E-state index contributed by atoms with van der Waals surface area (Å²) in [6.45, 7) is 0.687. The Morgan fingerprint density at radius 2 is 2.24 bits per heavy atom. The van der Waals surface area contributed by atoms with Gasteiger partial charge in [0.1, 0.15) is 5.75 Å². The average molecular weight is 362 g/mol. The second-order valence-corrected chi connectivity index (χ2v) is 6.32. The quantitative estimate of drug-likeness (QED) is 0.659.